The highest BCUT2D eigenvalue weighted by molar-refractivity contribution is 14.0. The fourth-order valence-electron chi connectivity index (χ4n) is 3.46. The smallest absolute Gasteiger partial charge is 0.213 e. The number of nitrogens with one attached hydrogen (secondary N) is 2. The Morgan fingerprint density at radius 1 is 1.23 bits per heavy atom. The van der Waals surface area contributed by atoms with Crippen molar-refractivity contribution in [2.24, 2.45) is 10.9 Å². The lowest BCUT2D eigenvalue weighted by Crippen LogP contribution is -2.48. The van der Waals surface area contributed by atoms with Crippen LogP contribution in [0.15, 0.2) is 40.8 Å². The van der Waals surface area contributed by atoms with Gasteiger partial charge in [-0.05, 0) is 61.6 Å². The summed E-state index contributed by atoms with van der Waals surface area (Å²) in [6, 6.07) is 8.80. The fraction of sp³-hybridized carbons (Fsp3) is 0.545. The molecule has 6 nitrogen and oxygen atoms in total. The first kappa shape index (κ1) is 23.1. The number of piperidine rings is 1. The van der Waals surface area contributed by atoms with Crippen LogP contribution in [0.25, 0.3) is 0 Å². The van der Waals surface area contributed by atoms with Crippen LogP contribution in [0.3, 0.4) is 0 Å². The molecular formula is C22H32IN5OS. The van der Waals surface area contributed by atoms with Crippen molar-refractivity contribution in [1.82, 2.24) is 15.6 Å². The van der Waals surface area contributed by atoms with Gasteiger partial charge in [-0.25, -0.2) is 9.98 Å². The van der Waals surface area contributed by atoms with Crippen LogP contribution in [0.4, 0.5) is 5.00 Å². The maximum absolute atomic E-state index is 5.71. The zero-order valence-electron chi connectivity index (χ0n) is 17.5. The summed E-state index contributed by atoms with van der Waals surface area (Å²) in [4.78, 5) is 11.7. The first-order chi connectivity index (χ1) is 14.3. The van der Waals surface area contributed by atoms with Crippen molar-refractivity contribution in [3.8, 4) is 5.88 Å². The molecule has 1 saturated carbocycles. The van der Waals surface area contributed by atoms with E-state index >= 15 is 0 Å². The molecule has 2 aromatic rings. The number of thiophene rings is 1. The number of hydrogen-bond acceptors (Lipinski definition) is 5. The first-order valence-electron chi connectivity index (χ1n) is 10.7. The Morgan fingerprint density at radius 2 is 2.07 bits per heavy atom. The van der Waals surface area contributed by atoms with E-state index in [1.807, 2.05) is 23.6 Å². The van der Waals surface area contributed by atoms with E-state index in [0.717, 1.165) is 56.5 Å². The van der Waals surface area contributed by atoms with Gasteiger partial charge in [-0.2, -0.15) is 0 Å². The Labute approximate surface area is 200 Å². The van der Waals surface area contributed by atoms with Crippen LogP contribution in [0.2, 0.25) is 0 Å². The molecule has 0 unspecified atom stereocenters. The second-order valence-electron chi connectivity index (χ2n) is 7.81. The summed E-state index contributed by atoms with van der Waals surface area (Å²) in [6.07, 6.45) is 6.70. The zero-order chi connectivity index (χ0) is 19.9. The Bertz CT molecular complexity index is 771. The van der Waals surface area contributed by atoms with Crippen LogP contribution < -0.4 is 20.3 Å². The van der Waals surface area contributed by atoms with Gasteiger partial charge < -0.3 is 20.3 Å². The van der Waals surface area contributed by atoms with E-state index in [0.29, 0.717) is 18.5 Å². The molecule has 0 radical (unpaired) electrons. The number of ether oxygens (including phenoxy) is 1. The predicted octanol–water partition coefficient (Wildman–Crippen LogP) is 4.27. The second-order valence-corrected chi connectivity index (χ2v) is 8.74. The minimum absolute atomic E-state index is 0. The van der Waals surface area contributed by atoms with E-state index < -0.39 is 0 Å². The second kappa shape index (κ2) is 11.7. The van der Waals surface area contributed by atoms with Crippen LogP contribution >= 0.6 is 35.3 Å². The highest BCUT2D eigenvalue weighted by Crippen LogP contribution is 2.29. The molecule has 2 N–H and O–H groups in total. The van der Waals surface area contributed by atoms with E-state index in [4.69, 9.17) is 9.73 Å². The zero-order valence-corrected chi connectivity index (χ0v) is 20.7. The number of hydrogen-bond donors (Lipinski definition) is 2. The summed E-state index contributed by atoms with van der Waals surface area (Å²) in [5, 5.41) is 10.5. The molecule has 0 amide bonds. The Balaban J connectivity index is 0.00000256. The van der Waals surface area contributed by atoms with Crippen LogP contribution in [-0.4, -0.2) is 43.2 Å². The van der Waals surface area contributed by atoms with Crippen LogP contribution in [-0.2, 0) is 6.54 Å². The van der Waals surface area contributed by atoms with Gasteiger partial charge in [0.05, 0.1) is 18.2 Å². The number of nitrogens with zero attached hydrogens (tertiary/aromatic N) is 3. The predicted molar refractivity (Wildman–Crippen MR) is 135 cm³/mol. The largest absolute Gasteiger partial charge is 0.477 e. The van der Waals surface area contributed by atoms with Gasteiger partial charge in [0.25, 0.3) is 0 Å². The minimum atomic E-state index is 0. The van der Waals surface area contributed by atoms with Crippen molar-refractivity contribution in [3.63, 3.8) is 0 Å². The molecule has 164 valence electrons. The lowest BCUT2D eigenvalue weighted by Gasteiger charge is -2.33. The van der Waals surface area contributed by atoms with Gasteiger partial charge >= 0.3 is 0 Å². The van der Waals surface area contributed by atoms with Gasteiger partial charge in [-0.15, -0.1) is 35.3 Å². The monoisotopic (exact) mass is 541 g/mol. The summed E-state index contributed by atoms with van der Waals surface area (Å²) in [5.41, 5.74) is 1.09. The normalized spacial score (nSPS) is 17.4. The van der Waals surface area contributed by atoms with Crippen LogP contribution in [0.1, 0.15) is 38.2 Å². The van der Waals surface area contributed by atoms with Gasteiger partial charge in [-0.1, -0.05) is 6.07 Å². The molecule has 0 aromatic carbocycles. The van der Waals surface area contributed by atoms with E-state index in [9.17, 15) is 0 Å². The number of aliphatic imine (C=N–C) groups is 1. The lowest BCUT2D eigenvalue weighted by molar-refractivity contribution is 0.288. The minimum Gasteiger partial charge on any atom is -0.477 e. The van der Waals surface area contributed by atoms with Crippen molar-refractivity contribution < 1.29 is 4.74 Å². The van der Waals surface area contributed by atoms with Gasteiger partial charge in [0.15, 0.2) is 5.96 Å². The summed E-state index contributed by atoms with van der Waals surface area (Å²) < 4.78 is 5.71. The lowest BCUT2D eigenvalue weighted by atomic mass is 10.1. The summed E-state index contributed by atoms with van der Waals surface area (Å²) >= 11 is 1.82. The molecule has 0 bridgehead atoms. The third-order valence-electron chi connectivity index (χ3n) is 5.38. The molecule has 1 saturated heterocycles. The first-order valence-corrected chi connectivity index (χ1v) is 11.6. The van der Waals surface area contributed by atoms with Crippen molar-refractivity contribution >= 4 is 46.3 Å². The number of guanidine groups is 1. The van der Waals surface area contributed by atoms with Crippen molar-refractivity contribution in [3.05, 3.63) is 41.4 Å². The van der Waals surface area contributed by atoms with Crippen molar-refractivity contribution in [1.29, 1.82) is 0 Å². The van der Waals surface area contributed by atoms with E-state index in [2.05, 4.69) is 51.0 Å². The van der Waals surface area contributed by atoms with Gasteiger partial charge in [0, 0.05) is 37.9 Å². The molecule has 8 heteroatoms. The maximum Gasteiger partial charge on any atom is 0.213 e. The average molecular weight is 542 g/mol. The fourth-order valence-corrected chi connectivity index (χ4v) is 4.24. The molecule has 30 heavy (non-hydrogen) atoms. The Hall–Kier alpha value is -1.55. The quantitative estimate of drug-likeness (QED) is 0.297. The molecular weight excluding hydrogens is 509 g/mol. The van der Waals surface area contributed by atoms with E-state index in [1.54, 1.807) is 0 Å². The third kappa shape index (κ3) is 7.01. The number of rotatable bonds is 8. The summed E-state index contributed by atoms with van der Waals surface area (Å²) in [7, 11) is 0. The topological polar surface area (TPSA) is 61.8 Å². The highest BCUT2D eigenvalue weighted by Gasteiger charge is 2.22. The van der Waals surface area contributed by atoms with Gasteiger partial charge in [-0.3, -0.25) is 0 Å². The number of anilines is 1. The summed E-state index contributed by atoms with van der Waals surface area (Å²) in [6.45, 7) is 6.54. The van der Waals surface area contributed by atoms with Crippen molar-refractivity contribution in [2.45, 2.75) is 45.2 Å². The van der Waals surface area contributed by atoms with Crippen LogP contribution in [0, 0.1) is 5.92 Å². The molecule has 2 fully saturated rings. The summed E-state index contributed by atoms with van der Waals surface area (Å²) in [5.74, 6) is 2.34. The average Bonchev–Trinajstić information content (AvgIpc) is 3.43. The third-order valence-corrected chi connectivity index (χ3v) is 6.31. The Kier molecular flexibility index (Phi) is 9.05. The Morgan fingerprint density at radius 3 is 2.70 bits per heavy atom. The van der Waals surface area contributed by atoms with Crippen molar-refractivity contribution in [2.75, 3.05) is 31.1 Å². The van der Waals surface area contributed by atoms with Gasteiger partial charge in [0.1, 0.15) is 0 Å². The maximum atomic E-state index is 5.71. The molecule has 1 aliphatic carbocycles. The molecule has 3 heterocycles. The highest BCUT2D eigenvalue weighted by atomic mass is 127. The number of halogens is 1. The molecule has 0 spiro atoms. The van der Waals surface area contributed by atoms with Gasteiger partial charge in [0.2, 0.25) is 5.88 Å². The molecule has 2 aliphatic rings. The molecule has 0 atom stereocenters. The number of pyridine rings is 1. The van der Waals surface area contributed by atoms with Crippen LogP contribution in [0.5, 0.6) is 5.88 Å². The molecule has 4 rings (SSSR count). The number of aromatic nitrogens is 1. The van der Waals surface area contributed by atoms with E-state index in [1.165, 1.54) is 17.8 Å². The standard InChI is InChI=1S/C22H31N5OS.HI/c1-2-23-22(26-19-9-11-27(12-10-19)21-4-3-13-29-21)25-15-18-7-8-20(24-14-18)28-16-17-5-6-17;/h3-4,7-8,13-14,17,19H,2,5-6,9-12,15-16H2,1H3,(H2,23,25,26);1H. The SMILES string of the molecule is CCNC(=NCc1ccc(OCC2CC2)nc1)NC1CCN(c2cccs2)CC1.I. The van der Waals surface area contributed by atoms with E-state index in [-0.39, 0.29) is 24.0 Å². The molecule has 1 aliphatic heterocycles. The molecule has 2 aromatic heterocycles.